The fourth-order valence-electron chi connectivity index (χ4n) is 5.84. The van der Waals surface area contributed by atoms with Crippen LogP contribution in [0.15, 0.2) is 82.5 Å². The van der Waals surface area contributed by atoms with Gasteiger partial charge in [0.2, 0.25) is 5.91 Å². The normalized spacial score (nSPS) is 20.5. The van der Waals surface area contributed by atoms with E-state index >= 15 is 0 Å². The Morgan fingerprint density at radius 3 is 2.86 bits per heavy atom. The summed E-state index contributed by atoms with van der Waals surface area (Å²) < 4.78 is 14.6. The molecule has 6 rings (SSSR count). The highest BCUT2D eigenvalue weighted by Crippen LogP contribution is 2.48. The quantitative estimate of drug-likeness (QED) is 0.397. The first-order valence-corrected chi connectivity index (χ1v) is 13.7. The molecule has 0 unspecified atom stereocenters. The second-order valence-corrected chi connectivity index (χ2v) is 11.1. The molecule has 2 aromatic carbocycles. The second-order valence-electron chi connectivity index (χ2n) is 9.75. The van der Waals surface area contributed by atoms with Crippen molar-refractivity contribution in [3.63, 3.8) is 0 Å². The lowest BCUT2D eigenvalue weighted by Crippen LogP contribution is -2.38. The second kappa shape index (κ2) is 9.63. The highest BCUT2D eigenvalue weighted by Gasteiger charge is 2.41. The number of amides is 1. The summed E-state index contributed by atoms with van der Waals surface area (Å²) in [4.78, 5) is 15.7. The SMILES string of the molecule is C[C@H]1C2=CNN(c3ccc(F)cc3)C2=CC2=C1[C@@H](C(=O)N(CCO)Cc1csc3ccc(Cl)cc13)CC2. The molecule has 1 amide bonds. The van der Waals surface area contributed by atoms with Crippen molar-refractivity contribution < 1.29 is 14.3 Å². The number of anilines is 1. The highest BCUT2D eigenvalue weighted by atomic mass is 35.5. The lowest BCUT2D eigenvalue weighted by Gasteiger charge is -2.31. The minimum absolute atomic E-state index is 0.0612. The van der Waals surface area contributed by atoms with Crippen molar-refractivity contribution in [2.45, 2.75) is 26.3 Å². The van der Waals surface area contributed by atoms with Crippen LogP contribution in [0.5, 0.6) is 0 Å². The number of nitrogens with one attached hydrogen (secondary N) is 1. The van der Waals surface area contributed by atoms with E-state index in [0.29, 0.717) is 11.6 Å². The molecule has 2 N–H and O–H groups in total. The minimum atomic E-state index is -0.268. The van der Waals surface area contributed by atoms with Crippen LogP contribution in [0.2, 0.25) is 5.02 Å². The van der Waals surface area contributed by atoms with E-state index in [1.807, 2.05) is 29.4 Å². The Hall–Kier alpha value is -3.13. The molecule has 8 heteroatoms. The fraction of sp³-hybridized carbons (Fsp3) is 0.276. The molecule has 0 bridgehead atoms. The molecule has 2 atom stereocenters. The van der Waals surface area contributed by atoms with Crippen molar-refractivity contribution in [1.82, 2.24) is 10.3 Å². The number of thiophene rings is 1. The van der Waals surface area contributed by atoms with Crippen molar-refractivity contribution in [2.75, 3.05) is 18.2 Å². The molecule has 0 radical (unpaired) electrons. The van der Waals surface area contributed by atoms with Gasteiger partial charge < -0.3 is 15.4 Å². The molecule has 0 saturated carbocycles. The van der Waals surface area contributed by atoms with Crippen LogP contribution in [-0.4, -0.2) is 29.1 Å². The van der Waals surface area contributed by atoms with Gasteiger partial charge in [0.05, 0.1) is 23.9 Å². The maximum atomic E-state index is 13.9. The van der Waals surface area contributed by atoms with E-state index < -0.39 is 0 Å². The van der Waals surface area contributed by atoms with Crippen LogP contribution in [0.25, 0.3) is 10.1 Å². The Balaban J connectivity index is 1.28. The van der Waals surface area contributed by atoms with Gasteiger partial charge in [0.15, 0.2) is 0 Å². The first-order valence-electron chi connectivity index (χ1n) is 12.5. The van der Waals surface area contributed by atoms with Gasteiger partial charge in [-0.1, -0.05) is 18.5 Å². The number of hydrogen-bond donors (Lipinski definition) is 2. The Kier molecular flexibility index (Phi) is 6.31. The van der Waals surface area contributed by atoms with Crippen molar-refractivity contribution >= 4 is 44.6 Å². The molecule has 0 saturated heterocycles. The number of benzene rings is 2. The first kappa shape index (κ1) is 24.2. The van der Waals surface area contributed by atoms with Crippen LogP contribution in [0, 0.1) is 17.7 Å². The topological polar surface area (TPSA) is 55.8 Å². The lowest BCUT2D eigenvalue weighted by molar-refractivity contribution is -0.135. The van der Waals surface area contributed by atoms with Crippen LogP contribution in [0.4, 0.5) is 10.1 Å². The Morgan fingerprint density at radius 2 is 2.08 bits per heavy atom. The summed E-state index contributed by atoms with van der Waals surface area (Å²) in [6.07, 6.45) is 5.74. The number of carbonyl (C=O) groups is 1. The van der Waals surface area contributed by atoms with Crippen LogP contribution < -0.4 is 10.4 Å². The van der Waals surface area contributed by atoms with Crippen LogP contribution in [0.1, 0.15) is 25.3 Å². The zero-order chi connectivity index (χ0) is 25.7. The number of carbonyl (C=O) groups excluding carboxylic acids is 1. The van der Waals surface area contributed by atoms with Crippen molar-refractivity contribution in [3.05, 3.63) is 98.9 Å². The first-order chi connectivity index (χ1) is 17.9. The Morgan fingerprint density at radius 1 is 1.27 bits per heavy atom. The molecular weight excluding hydrogens is 509 g/mol. The molecule has 0 spiro atoms. The van der Waals surface area contributed by atoms with Gasteiger partial charge in [-0.15, -0.1) is 11.3 Å². The van der Waals surface area contributed by atoms with E-state index in [9.17, 15) is 14.3 Å². The summed E-state index contributed by atoms with van der Waals surface area (Å²) in [6, 6.07) is 12.2. The summed E-state index contributed by atoms with van der Waals surface area (Å²) in [5.74, 6) is -0.355. The standard InChI is InChI=1S/C29H27ClFN3O2S/c1-17-25-14-32-34(22-6-4-21(31)5-7-22)26(25)12-18-2-8-23(28(17)18)29(36)33(10-11-35)15-19-16-37-27-9-3-20(30)13-24(19)27/h3-7,9,12-14,16-17,23,32,35H,2,8,10-11,15H2,1H3/t17-,23-/m0/s1. The smallest absolute Gasteiger partial charge is 0.230 e. The Labute approximate surface area is 224 Å². The summed E-state index contributed by atoms with van der Waals surface area (Å²) >= 11 is 7.89. The Bertz CT molecular complexity index is 1480. The van der Waals surface area contributed by atoms with Gasteiger partial charge in [-0.2, -0.15) is 0 Å². The van der Waals surface area contributed by atoms with Gasteiger partial charge in [-0.05, 0) is 88.9 Å². The van der Waals surface area contributed by atoms with Crippen LogP contribution in [-0.2, 0) is 11.3 Å². The molecule has 1 aromatic heterocycles. The third kappa shape index (κ3) is 4.25. The number of hydrazine groups is 1. The summed E-state index contributed by atoms with van der Waals surface area (Å²) in [7, 11) is 0. The number of aliphatic hydroxyl groups is 1. The van der Waals surface area contributed by atoms with E-state index in [2.05, 4.69) is 23.8 Å². The molecule has 37 heavy (non-hydrogen) atoms. The van der Waals surface area contributed by atoms with E-state index in [-0.39, 0.29) is 36.7 Å². The highest BCUT2D eigenvalue weighted by molar-refractivity contribution is 7.17. The van der Waals surface area contributed by atoms with Crippen molar-refractivity contribution in [2.24, 2.45) is 11.8 Å². The summed E-state index contributed by atoms with van der Waals surface area (Å²) in [5, 5.41) is 15.6. The average molecular weight is 536 g/mol. The maximum Gasteiger partial charge on any atom is 0.230 e. The number of rotatable bonds is 6. The predicted molar refractivity (Wildman–Crippen MR) is 146 cm³/mol. The van der Waals surface area contributed by atoms with Gasteiger partial charge in [0.25, 0.3) is 0 Å². The molecule has 5 nitrogen and oxygen atoms in total. The van der Waals surface area contributed by atoms with Crippen molar-refractivity contribution in [1.29, 1.82) is 0 Å². The maximum absolute atomic E-state index is 13.9. The zero-order valence-electron chi connectivity index (χ0n) is 20.4. The predicted octanol–water partition coefficient (Wildman–Crippen LogP) is 6.16. The van der Waals surface area contributed by atoms with Crippen LogP contribution in [0.3, 0.4) is 0 Å². The van der Waals surface area contributed by atoms with Gasteiger partial charge >= 0.3 is 0 Å². The monoisotopic (exact) mass is 535 g/mol. The van der Waals surface area contributed by atoms with Gasteiger partial charge in [-0.25, -0.2) is 4.39 Å². The zero-order valence-corrected chi connectivity index (χ0v) is 22.0. The minimum Gasteiger partial charge on any atom is -0.395 e. The van der Waals surface area contributed by atoms with E-state index in [0.717, 1.165) is 45.4 Å². The van der Waals surface area contributed by atoms with Gasteiger partial charge in [-0.3, -0.25) is 9.80 Å². The number of allylic oxidation sites excluding steroid dienone is 3. The molecule has 1 aliphatic heterocycles. The average Bonchev–Trinajstić information content (AvgIpc) is 3.61. The molecular formula is C29H27ClFN3O2S. The lowest BCUT2D eigenvalue weighted by atomic mass is 9.80. The van der Waals surface area contributed by atoms with E-state index in [4.69, 9.17) is 11.6 Å². The third-order valence-electron chi connectivity index (χ3n) is 7.62. The molecule has 190 valence electrons. The number of hydrogen-bond acceptors (Lipinski definition) is 5. The summed E-state index contributed by atoms with van der Waals surface area (Å²) in [5.41, 5.74) is 9.75. The molecule has 2 aliphatic carbocycles. The van der Waals surface area contributed by atoms with Crippen LogP contribution >= 0.6 is 22.9 Å². The molecule has 2 heterocycles. The van der Waals surface area contributed by atoms with Gasteiger partial charge in [0, 0.05) is 40.5 Å². The largest absolute Gasteiger partial charge is 0.395 e. The van der Waals surface area contributed by atoms with Crippen molar-refractivity contribution in [3.8, 4) is 0 Å². The molecule has 0 fully saturated rings. The van der Waals surface area contributed by atoms with E-state index in [1.54, 1.807) is 28.4 Å². The number of nitrogens with zero attached hydrogens (tertiary/aromatic N) is 2. The summed E-state index contributed by atoms with van der Waals surface area (Å²) in [6.45, 7) is 2.79. The fourth-order valence-corrected chi connectivity index (χ4v) is 6.95. The number of halogens is 2. The van der Waals surface area contributed by atoms with E-state index in [1.165, 1.54) is 23.3 Å². The third-order valence-corrected chi connectivity index (χ3v) is 8.87. The molecule has 3 aliphatic rings. The number of fused-ring (bicyclic) bond motifs is 2. The molecule has 3 aromatic rings. The number of aliphatic hydroxyl groups excluding tert-OH is 1. The van der Waals surface area contributed by atoms with Gasteiger partial charge in [0.1, 0.15) is 5.82 Å².